The van der Waals surface area contributed by atoms with E-state index in [-0.39, 0.29) is 5.92 Å². The van der Waals surface area contributed by atoms with Crippen LogP contribution in [0.4, 0.5) is 0 Å². The van der Waals surface area contributed by atoms with Crippen molar-refractivity contribution >= 4 is 34.8 Å². The van der Waals surface area contributed by atoms with Crippen LogP contribution < -0.4 is 0 Å². The van der Waals surface area contributed by atoms with E-state index in [0.29, 0.717) is 21.5 Å². The van der Waals surface area contributed by atoms with Crippen molar-refractivity contribution < 1.29 is 0 Å². The molecular weight excluding hydrogens is 301 g/mol. The van der Waals surface area contributed by atoms with Crippen LogP contribution in [-0.4, -0.2) is 0 Å². The quantitative estimate of drug-likeness (QED) is 0.734. The summed E-state index contributed by atoms with van der Waals surface area (Å²) in [6, 6.07) is 14.9. The summed E-state index contributed by atoms with van der Waals surface area (Å²) in [5.41, 5.74) is 1.70. The van der Waals surface area contributed by atoms with Gasteiger partial charge >= 0.3 is 0 Å². The third-order valence-corrected chi connectivity index (χ3v) is 3.81. The summed E-state index contributed by atoms with van der Waals surface area (Å²) < 4.78 is 0. The Hall–Kier alpha value is -1.20. The average Bonchev–Trinajstić information content (AvgIpc) is 2.39. The van der Waals surface area contributed by atoms with E-state index >= 15 is 0 Å². The van der Waals surface area contributed by atoms with Gasteiger partial charge in [-0.05, 0) is 35.7 Å². The number of rotatable bonds is 3. The number of benzene rings is 2. The van der Waals surface area contributed by atoms with Crippen LogP contribution in [0.15, 0.2) is 42.5 Å². The molecule has 1 unspecified atom stereocenters. The fraction of sp³-hybridized carbons (Fsp3) is 0.133. The molecule has 0 aliphatic rings. The Morgan fingerprint density at radius 1 is 1.00 bits per heavy atom. The Labute approximate surface area is 127 Å². The highest BCUT2D eigenvalue weighted by molar-refractivity contribution is 6.35. The third-order valence-electron chi connectivity index (χ3n) is 2.88. The fourth-order valence-corrected chi connectivity index (χ4v) is 2.65. The van der Waals surface area contributed by atoms with Gasteiger partial charge in [-0.25, -0.2) is 0 Å². The van der Waals surface area contributed by atoms with Gasteiger partial charge in [-0.15, -0.1) is 0 Å². The van der Waals surface area contributed by atoms with Crippen molar-refractivity contribution in [3.8, 4) is 6.07 Å². The molecule has 19 heavy (non-hydrogen) atoms. The van der Waals surface area contributed by atoms with Crippen LogP contribution in [0.3, 0.4) is 0 Å². The van der Waals surface area contributed by atoms with E-state index in [4.69, 9.17) is 34.8 Å². The number of nitriles is 1. The molecule has 0 aromatic heterocycles. The molecule has 0 amide bonds. The number of hydrogen-bond acceptors (Lipinski definition) is 1. The molecule has 2 rings (SSSR count). The first kappa shape index (κ1) is 14.2. The van der Waals surface area contributed by atoms with Gasteiger partial charge in [0.25, 0.3) is 0 Å². The highest BCUT2D eigenvalue weighted by atomic mass is 35.5. The minimum atomic E-state index is -0.343. The Morgan fingerprint density at radius 2 is 1.74 bits per heavy atom. The monoisotopic (exact) mass is 309 g/mol. The largest absolute Gasteiger partial charge is 0.198 e. The van der Waals surface area contributed by atoms with Crippen molar-refractivity contribution in [3.63, 3.8) is 0 Å². The Kier molecular flexibility index (Phi) is 4.71. The summed E-state index contributed by atoms with van der Waals surface area (Å²) in [7, 11) is 0. The normalized spacial score (nSPS) is 11.9. The number of hydrogen-bond donors (Lipinski definition) is 0. The second kappa shape index (κ2) is 6.30. The molecule has 1 atom stereocenters. The van der Waals surface area contributed by atoms with Gasteiger partial charge in [0.2, 0.25) is 0 Å². The zero-order valence-electron chi connectivity index (χ0n) is 9.91. The lowest BCUT2D eigenvalue weighted by molar-refractivity contribution is 0.849. The highest BCUT2D eigenvalue weighted by Crippen LogP contribution is 2.31. The molecule has 0 N–H and O–H groups in total. The van der Waals surface area contributed by atoms with E-state index in [0.717, 1.165) is 11.1 Å². The summed E-state index contributed by atoms with van der Waals surface area (Å²) in [6.45, 7) is 0. The van der Waals surface area contributed by atoms with Crippen LogP contribution in [0.25, 0.3) is 0 Å². The molecule has 0 aliphatic heterocycles. The van der Waals surface area contributed by atoms with Gasteiger partial charge in [-0.1, -0.05) is 59.1 Å². The lowest BCUT2D eigenvalue weighted by Crippen LogP contribution is -2.02. The van der Waals surface area contributed by atoms with Gasteiger partial charge in [0.05, 0.1) is 12.0 Å². The maximum Gasteiger partial charge on any atom is 0.0767 e. The van der Waals surface area contributed by atoms with Gasteiger partial charge in [-0.3, -0.25) is 0 Å². The van der Waals surface area contributed by atoms with E-state index in [1.807, 2.05) is 24.3 Å². The Balaban J connectivity index is 2.31. The molecule has 0 saturated carbocycles. The van der Waals surface area contributed by atoms with Crippen molar-refractivity contribution in [1.82, 2.24) is 0 Å². The average molecular weight is 311 g/mol. The van der Waals surface area contributed by atoms with Crippen molar-refractivity contribution in [2.75, 3.05) is 0 Å². The minimum Gasteiger partial charge on any atom is -0.198 e. The summed E-state index contributed by atoms with van der Waals surface area (Å²) in [4.78, 5) is 0. The van der Waals surface area contributed by atoms with Crippen molar-refractivity contribution in [3.05, 3.63) is 68.7 Å². The summed E-state index contributed by atoms with van der Waals surface area (Å²) in [5, 5.41) is 11.1. The maximum atomic E-state index is 9.34. The SMILES string of the molecule is N#CC(Cc1ccccc1Cl)c1ccc(Cl)cc1Cl. The van der Waals surface area contributed by atoms with Gasteiger partial charge < -0.3 is 0 Å². The number of halogens is 3. The Morgan fingerprint density at radius 3 is 2.37 bits per heavy atom. The van der Waals surface area contributed by atoms with Crippen molar-refractivity contribution in [2.24, 2.45) is 0 Å². The predicted molar refractivity (Wildman–Crippen MR) is 80.0 cm³/mol. The molecule has 0 bridgehead atoms. The first-order valence-electron chi connectivity index (χ1n) is 5.70. The van der Waals surface area contributed by atoms with Crippen LogP contribution in [0.5, 0.6) is 0 Å². The molecular formula is C15H10Cl3N. The van der Waals surface area contributed by atoms with E-state index in [2.05, 4.69) is 6.07 Å². The first-order valence-corrected chi connectivity index (χ1v) is 6.83. The molecule has 0 heterocycles. The van der Waals surface area contributed by atoms with Gasteiger partial charge in [-0.2, -0.15) is 5.26 Å². The molecule has 0 fully saturated rings. The topological polar surface area (TPSA) is 23.8 Å². The zero-order chi connectivity index (χ0) is 13.8. The zero-order valence-corrected chi connectivity index (χ0v) is 12.2. The van der Waals surface area contributed by atoms with Crippen molar-refractivity contribution in [2.45, 2.75) is 12.3 Å². The van der Waals surface area contributed by atoms with Gasteiger partial charge in [0.15, 0.2) is 0 Å². The van der Waals surface area contributed by atoms with E-state index in [1.54, 1.807) is 18.2 Å². The Bertz CT molecular complexity index is 632. The van der Waals surface area contributed by atoms with E-state index in [9.17, 15) is 5.26 Å². The summed E-state index contributed by atoms with van der Waals surface area (Å²) in [5.74, 6) is -0.343. The molecule has 2 aromatic carbocycles. The molecule has 4 heteroatoms. The van der Waals surface area contributed by atoms with Crippen LogP contribution in [0.1, 0.15) is 17.0 Å². The van der Waals surface area contributed by atoms with Crippen LogP contribution in [-0.2, 0) is 6.42 Å². The first-order chi connectivity index (χ1) is 9.11. The van der Waals surface area contributed by atoms with Crippen LogP contribution >= 0.6 is 34.8 Å². The van der Waals surface area contributed by atoms with Crippen molar-refractivity contribution in [1.29, 1.82) is 5.26 Å². The molecule has 0 radical (unpaired) electrons. The van der Waals surface area contributed by atoms with Gasteiger partial charge in [0.1, 0.15) is 0 Å². The number of nitrogens with zero attached hydrogens (tertiary/aromatic N) is 1. The molecule has 96 valence electrons. The molecule has 0 spiro atoms. The lowest BCUT2D eigenvalue weighted by Gasteiger charge is -2.12. The van der Waals surface area contributed by atoms with Crippen LogP contribution in [0.2, 0.25) is 15.1 Å². The predicted octanol–water partition coefficient (Wildman–Crippen LogP) is 5.50. The second-order valence-electron chi connectivity index (χ2n) is 4.14. The molecule has 1 nitrogen and oxygen atoms in total. The van der Waals surface area contributed by atoms with E-state index < -0.39 is 0 Å². The highest BCUT2D eigenvalue weighted by Gasteiger charge is 2.16. The third kappa shape index (κ3) is 3.42. The molecule has 0 aliphatic carbocycles. The van der Waals surface area contributed by atoms with Gasteiger partial charge in [0, 0.05) is 15.1 Å². The summed E-state index contributed by atoms with van der Waals surface area (Å²) >= 11 is 18.1. The lowest BCUT2D eigenvalue weighted by atomic mass is 9.93. The standard InChI is InChI=1S/C15H10Cl3N/c16-12-5-6-13(15(18)8-12)11(9-19)7-10-3-1-2-4-14(10)17/h1-6,8,11H,7H2. The molecule has 2 aromatic rings. The summed E-state index contributed by atoms with van der Waals surface area (Å²) in [6.07, 6.45) is 0.525. The molecule has 0 saturated heterocycles. The minimum absolute atomic E-state index is 0.343. The fourth-order valence-electron chi connectivity index (χ4n) is 1.89. The second-order valence-corrected chi connectivity index (χ2v) is 5.39. The smallest absolute Gasteiger partial charge is 0.0767 e. The van der Waals surface area contributed by atoms with Crippen LogP contribution in [0, 0.1) is 11.3 Å². The van der Waals surface area contributed by atoms with E-state index in [1.165, 1.54) is 0 Å². The maximum absolute atomic E-state index is 9.34.